The lowest BCUT2D eigenvalue weighted by Crippen LogP contribution is -2.25. The van der Waals surface area contributed by atoms with Crippen LogP contribution in [0.2, 0.25) is 0 Å². The number of hydrogen-bond acceptors (Lipinski definition) is 2. The number of aromatic amines is 1. The van der Waals surface area contributed by atoms with Gasteiger partial charge in [0.15, 0.2) is 11.9 Å². The van der Waals surface area contributed by atoms with Crippen molar-refractivity contribution in [2.45, 2.75) is 13.0 Å². The lowest BCUT2D eigenvalue weighted by atomic mass is 10.1. The van der Waals surface area contributed by atoms with Crippen molar-refractivity contribution in [2.24, 2.45) is 0 Å². The summed E-state index contributed by atoms with van der Waals surface area (Å²) in [4.78, 5) is 15.3. The van der Waals surface area contributed by atoms with E-state index in [0.29, 0.717) is 10.9 Å². The van der Waals surface area contributed by atoms with Crippen LogP contribution in [0.3, 0.4) is 0 Å². The summed E-state index contributed by atoms with van der Waals surface area (Å²) in [7, 11) is 0. The van der Waals surface area contributed by atoms with Crippen molar-refractivity contribution in [1.82, 2.24) is 4.98 Å². The number of ketones is 1. The van der Waals surface area contributed by atoms with Crippen LogP contribution in [0, 0.1) is 29.1 Å². The van der Waals surface area contributed by atoms with E-state index < -0.39 is 46.7 Å². The minimum absolute atomic E-state index is 0.173. The van der Waals surface area contributed by atoms with E-state index in [2.05, 4.69) is 4.98 Å². The van der Waals surface area contributed by atoms with Gasteiger partial charge in [-0.3, -0.25) is 4.79 Å². The molecular weight excluding hydrogens is 345 g/mol. The minimum atomic E-state index is -2.29. The number of para-hydroxylation sites is 1. The number of carbonyl (C=O) groups is 1. The summed E-state index contributed by atoms with van der Waals surface area (Å²) in [6.45, 7) is 1.15. The van der Waals surface area contributed by atoms with Gasteiger partial charge in [-0.25, -0.2) is 13.2 Å². The average molecular weight is 355 g/mol. The summed E-state index contributed by atoms with van der Waals surface area (Å²) in [5.41, 5.74) is 0.821. The lowest BCUT2D eigenvalue weighted by molar-refractivity contribution is 0.0802. The monoisotopic (exact) mass is 355 g/mol. The number of rotatable bonds is 4. The van der Waals surface area contributed by atoms with Crippen molar-refractivity contribution in [3.8, 4) is 5.75 Å². The molecular formula is C17H10F5NO2. The Bertz CT molecular complexity index is 954. The Morgan fingerprint density at radius 3 is 2.16 bits per heavy atom. The minimum Gasteiger partial charge on any atom is -0.476 e. The predicted molar refractivity (Wildman–Crippen MR) is 79.0 cm³/mol. The SMILES string of the molecule is CC(Oc1c(F)c(F)c(F)c(F)c1F)C(=O)c1c[nH]c2ccccc12. The first kappa shape index (κ1) is 16.9. The summed E-state index contributed by atoms with van der Waals surface area (Å²) in [6, 6.07) is 6.77. The van der Waals surface area contributed by atoms with Crippen molar-refractivity contribution in [3.05, 3.63) is 65.1 Å². The average Bonchev–Trinajstić information content (AvgIpc) is 3.05. The van der Waals surface area contributed by atoms with Crippen LogP contribution in [0.15, 0.2) is 30.5 Å². The van der Waals surface area contributed by atoms with E-state index in [4.69, 9.17) is 4.74 Å². The third-order valence-electron chi connectivity index (χ3n) is 3.69. The molecule has 0 aliphatic heterocycles. The quantitative estimate of drug-likeness (QED) is 0.324. The van der Waals surface area contributed by atoms with Crippen molar-refractivity contribution >= 4 is 16.7 Å². The molecule has 25 heavy (non-hydrogen) atoms. The largest absolute Gasteiger partial charge is 0.476 e. The van der Waals surface area contributed by atoms with Crippen LogP contribution in [0.5, 0.6) is 5.75 Å². The highest BCUT2D eigenvalue weighted by Gasteiger charge is 2.30. The first-order valence-electron chi connectivity index (χ1n) is 7.11. The number of ether oxygens (including phenoxy) is 1. The zero-order valence-corrected chi connectivity index (χ0v) is 12.7. The Balaban J connectivity index is 1.95. The van der Waals surface area contributed by atoms with Crippen LogP contribution in [0.1, 0.15) is 17.3 Å². The van der Waals surface area contributed by atoms with Gasteiger partial charge >= 0.3 is 0 Å². The molecule has 0 saturated carbocycles. The summed E-state index contributed by atoms with van der Waals surface area (Å²) >= 11 is 0. The van der Waals surface area contributed by atoms with E-state index in [-0.39, 0.29) is 5.56 Å². The van der Waals surface area contributed by atoms with E-state index in [9.17, 15) is 26.7 Å². The van der Waals surface area contributed by atoms with Gasteiger partial charge in [0.25, 0.3) is 0 Å². The number of halogens is 5. The summed E-state index contributed by atoms with van der Waals surface area (Å²) < 4.78 is 71.5. The maximum absolute atomic E-state index is 13.7. The van der Waals surface area contributed by atoms with Gasteiger partial charge in [0.05, 0.1) is 0 Å². The molecule has 0 amide bonds. The van der Waals surface area contributed by atoms with Crippen molar-refractivity contribution < 1.29 is 31.5 Å². The number of H-pyrrole nitrogens is 1. The van der Waals surface area contributed by atoms with Crippen molar-refractivity contribution in [1.29, 1.82) is 0 Å². The number of benzene rings is 2. The van der Waals surface area contributed by atoms with Gasteiger partial charge in [0, 0.05) is 22.7 Å². The second kappa shape index (κ2) is 6.19. The van der Waals surface area contributed by atoms with Gasteiger partial charge in [-0.05, 0) is 13.0 Å². The highest BCUT2D eigenvalue weighted by atomic mass is 19.2. The zero-order chi connectivity index (χ0) is 18.3. The Morgan fingerprint density at radius 2 is 1.52 bits per heavy atom. The summed E-state index contributed by atoms with van der Waals surface area (Å²) in [5.74, 6) is -13.0. The molecule has 8 heteroatoms. The predicted octanol–water partition coefficient (Wildman–Crippen LogP) is 4.51. The molecule has 130 valence electrons. The molecule has 0 aliphatic rings. The van der Waals surface area contributed by atoms with Crippen molar-refractivity contribution in [3.63, 3.8) is 0 Å². The molecule has 1 unspecified atom stereocenters. The van der Waals surface area contributed by atoms with Crippen LogP contribution in [0.4, 0.5) is 22.0 Å². The molecule has 3 nitrogen and oxygen atoms in total. The van der Waals surface area contributed by atoms with Gasteiger partial charge in [0.1, 0.15) is 0 Å². The lowest BCUT2D eigenvalue weighted by Gasteiger charge is -2.15. The second-order valence-electron chi connectivity index (χ2n) is 5.27. The Kier molecular flexibility index (Phi) is 4.20. The molecule has 1 atom stereocenters. The fourth-order valence-electron chi connectivity index (χ4n) is 2.41. The van der Waals surface area contributed by atoms with Crippen LogP contribution < -0.4 is 4.74 Å². The van der Waals surface area contributed by atoms with Gasteiger partial charge in [-0.2, -0.15) is 8.78 Å². The third kappa shape index (κ3) is 2.73. The standard InChI is InChI=1S/C17H10F5NO2/c1-7(16(24)9-6-23-10-5-3-2-4-8(9)10)25-17-14(21)12(19)11(18)13(20)15(17)22/h2-7,23H,1H3. The Morgan fingerprint density at radius 1 is 0.960 bits per heavy atom. The number of fused-ring (bicyclic) bond motifs is 1. The van der Waals surface area contributed by atoms with Gasteiger partial charge in [-0.15, -0.1) is 0 Å². The maximum Gasteiger partial charge on any atom is 0.207 e. The molecule has 2 aromatic carbocycles. The first-order chi connectivity index (χ1) is 11.8. The molecule has 0 spiro atoms. The number of nitrogens with one attached hydrogen (secondary N) is 1. The summed E-state index contributed by atoms with van der Waals surface area (Å²) in [6.07, 6.45) is -0.0988. The van der Waals surface area contributed by atoms with Crippen LogP contribution in [0.25, 0.3) is 10.9 Å². The molecule has 3 aromatic rings. The van der Waals surface area contributed by atoms with Crippen molar-refractivity contribution in [2.75, 3.05) is 0 Å². The second-order valence-corrected chi connectivity index (χ2v) is 5.27. The van der Waals surface area contributed by atoms with E-state index in [1.54, 1.807) is 24.3 Å². The Labute approximate surface area is 138 Å². The number of carbonyl (C=O) groups excluding carboxylic acids is 1. The number of hydrogen-bond donors (Lipinski definition) is 1. The highest BCUT2D eigenvalue weighted by molar-refractivity contribution is 6.09. The van der Waals surface area contributed by atoms with E-state index >= 15 is 0 Å². The fraction of sp³-hybridized carbons (Fsp3) is 0.118. The molecule has 0 aliphatic carbocycles. The third-order valence-corrected chi connectivity index (χ3v) is 3.69. The molecule has 0 bridgehead atoms. The fourth-order valence-corrected chi connectivity index (χ4v) is 2.41. The first-order valence-corrected chi connectivity index (χ1v) is 7.11. The molecule has 0 radical (unpaired) electrons. The molecule has 1 aromatic heterocycles. The van der Waals surface area contributed by atoms with Gasteiger partial charge in [-0.1, -0.05) is 18.2 Å². The molecule has 1 N–H and O–H groups in total. The van der Waals surface area contributed by atoms with Crippen LogP contribution >= 0.6 is 0 Å². The topological polar surface area (TPSA) is 42.1 Å². The molecule has 3 rings (SSSR count). The maximum atomic E-state index is 13.7. The molecule has 1 heterocycles. The normalized spacial score (nSPS) is 12.4. The van der Waals surface area contributed by atoms with E-state index in [1.807, 2.05) is 0 Å². The zero-order valence-electron chi connectivity index (χ0n) is 12.7. The van der Waals surface area contributed by atoms with E-state index in [0.717, 1.165) is 6.92 Å². The molecule has 0 saturated heterocycles. The van der Waals surface area contributed by atoms with Gasteiger partial charge < -0.3 is 9.72 Å². The molecule has 0 fully saturated rings. The highest BCUT2D eigenvalue weighted by Crippen LogP contribution is 2.30. The van der Waals surface area contributed by atoms with Crippen LogP contribution in [-0.4, -0.2) is 16.9 Å². The number of Topliss-reactive ketones (excluding diaryl/α,β-unsaturated/α-hetero) is 1. The number of aromatic nitrogens is 1. The smallest absolute Gasteiger partial charge is 0.207 e. The Hall–Kier alpha value is -2.90. The van der Waals surface area contributed by atoms with Gasteiger partial charge in [0.2, 0.25) is 34.9 Å². The summed E-state index contributed by atoms with van der Waals surface area (Å²) in [5, 5.41) is 0.542. The van der Waals surface area contributed by atoms with Crippen LogP contribution in [-0.2, 0) is 0 Å². The van der Waals surface area contributed by atoms with E-state index in [1.165, 1.54) is 6.20 Å².